The van der Waals surface area contributed by atoms with Crippen molar-refractivity contribution in [3.8, 4) is 0 Å². The van der Waals surface area contributed by atoms with Crippen molar-refractivity contribution in [1.82, 2.24) is 0 Å². The van der Waals surface area contributed by atoms with Crippen LogP contribution in [0.1, 0.15) is 53.4 Å². The second kappa shape index (κ2) is 5.50. The first-order valence-corrected chi connectivity index (χ1v) is 6.07. The van der Waals surface area contributed by atoms with Crippen LogP contribution in [0.4, 0.5) is 0 Å². The van der Waals surface area contributed by atoms with Gasteiger partial charge in [-0.25, -0.2) is 0 Å². The van der Waals surface area contributed by atoms with Gasteiger partial charge >= 0.3 is 0 Å². The molecule has 0 aromatic carbocycles. The van der Waals surface area contributed by atoms with Gasteiger partial charge in [-0.2, -0.15) is 0 Å². The molecule has 1 aliphatic carbocycles. The van der Waals surface area contributed by atoms with Crippen molar-refractivity contribution in [2.45, 2.75) is 53.4 Å². The maximum absolute atomic E-state index is 8.73. The molecule has 0 fully saturated rings. The third-order valence-electron chi connectivity index (χ3n) is 3.91. The van der Waals surface area contributed by atoms with E-state index in [4.69, 9.17) is 5.11 Å². The van der Waals surface area contributed by atoms with Crippen molar-refractivity contribution < 1.29 is 5.11 Å². The standard InChI is InChI=1S/C14H24O/c1-10-11(2)13(4)14(12(10)3)8-6-5-7-9-15/h12,15H,5-9H2,1-4H3. The summed E-state index contributed by atoms with van der Waals surface area (Å²) in [5.41, 5.74) is 6.19. The highest BCUT2D eigenvalue weighted by atomic mass is 16.2. The lowest BCUT2D eigenvalue weighted by atomic mass is 9.93. The molecule has 1 nitrogen and oxygen atoms in total. The number of hydrogen-bond donors (Lipinski definition) is 1. The number of hydrogen-bond acceptors (Lipinski definition) is 1. The zero-order chi connectivity index (χ0) is 11.4. The van der Waals surface area contributed by atoms with Crippen molar-refractivity contribution in [3.63, 3.8) is 0 Å². The predicted molar refractivity (Wildman–Crippen MR) is 65.8 cm³/mol. The molecular weight excluding hydrogens is 184 g/mol. The first-order valence-electron chi connectivity index (χ1n) is 6.07. The Labute approximate surface area is 93.9 Å². The monoisotopic (exact) mass is 208 g/mol. The van der Waals surface area contributed by atoms with Crippen molar-refractivity contribution in [1.29, 1.82) is 0 Å². The van der Waals surface area contributed by atoms with Crippen LogP contribution in [0.5, 0.6) is 0 Å². The zero-order valence-electron chi connectivity index (χ0n) is 10.6. The molecule has 0 saturated carbocycles. The largest absolute Gasteiger partial charge is 0.396 e. The van der Waals surface area contributed by atoms with Crippen LogP contribution in [0.3, 0.4) is 0 Å². The third kappa shape index (κ3) is 2.72. The number of unbranched alkanes of at least 4 members (excludes halogenated alkanes) is 2. The average molecular weight is 208 g/mol. The summed E-state index contributed by atoms with van der Waals surface area (Å²) < 4.78 is 0. The second-order valence-corrected chi connectivity index (χ2v) is 4.71. The van der Waals surface area contributed by atoms with Crippen LogP contribution in [-0.2, 0) is 0 Å². The summed E-state index contributed by atoms with van der Waals surface area (Å²) in [6, 6.07) is 0. The van der Waals surface area contributed by atoms with E-state index in [2.05, 4.69) is 27.7 Å². The minimum absolute atomic E-state index is 0.337. The highest BCUT2D eigenvalue weighted by Crippen LogP contribution is 2.38. The van der Waals surface area contributed by atoms with Gasteiger partial charge in [0.1, 0.15) is 0 Å². The summed E-state index contributed by atoms with van der Waals surface area (Å²) in [4.78, 5) is 0. The Kier molecular flexibility index (Phi) is 4.59. The highest BCUT2D eigenvalue weighted by Gasteiger charge is 2.22. The Morgan fingerprint density at radius 1 is 1.00 bits per heavy atom. The van der Waals surface area contributed by atoms with Crippen LogP contribution in [-0.4, -0.2) is 11.7 Å². The van der Waals surface area contributed by atoms with Gasteiger partial charge in [-0.3, -0.25) is 0 Å². The predicted octanol–water partition coefficient (Wildman–Crippen LogP) is 3.84. The van der Waals surface area contributed by atoms with E-state index < -0.39 is 0 Å². The first kappa shape index (κ1) is 12.5. The molecule has 0 bridgehead atoms. The van der Waals surface area contributed by atoms with Crippen molar-refractivity contribution in [2.24, 2.45) is 5.92 Å². The van der Waals surface area contributed by atoms with E-state index in [1.165, 1.54) is 24.0 Å². The molecule has 1 aliphatic rings. The lowest BCUT2D eigenvalue weighted by Crippen LogP contribution is -1.98. The van der Waals surface area contributed by atoms with E-state index in [1.807, 2.05) is 0 Å². The van der Waals surface area contributed by atoms with Gasteiger partial charge in [0.15, 0.2) is 0 Å². The maximum atomic E-state index is 8.73. The Morgan fingerprint density at radius 2 is 1.67 bits per heavy atom. The molecule has 1 N–H and O–H groups in total. The van der Waals surface area contributed by atoms with Crippen LogP contribution in [0, 0.1) is 5.92 Å². The molecule has 15 heavy (non-hydrogen) atoms. The molecule has 0 aliphatic heterocycles. The molecule has 1 atom stereocenters. The summed E-state index contributed by atoms with van der Waals surface area (Å²) >= 11 is 0. The van der Waals surface area contributed by atoms with Crippen LogP contribution in [0.15, 0.2) is 22.3 Å². The summed E-state index contributed by atoms with van der Waals surface area (Å²) in [5, 5.41) is 8.73. The molecule has 0 amide bonds. The number of allylic oxidation sites excluding steroid dienone is 4. The summed E-state index contributed by atoms with van der Waals surface area (Å²) in [6.45, 7) is 9.40. The average Bonchev–Trinajstić information content (AvgIpc) is 2.41. The van der Waals surface area contributed by atoms with Gasteiger partial charge in [-0.05, 0) is 57.1 Å². The number of aliphatic hydroxyl groups is 1. The summed E-state index contributed by atoms with van der Waals surface area (Å²) in [5.74, 6) is 0.652. The lowest BCUT2D eigenvalue weighted by molar-refractivity contribution is 0.283. The van der Waals surface area contributed by atoms with Gasteiger partial charge in [0.2, 0.25) is 0 Å². The Morgan fingerprint density at radius 3 is 2.13 bits per heavy atom. The Balaban J connectivity index is 2.50. The number of aliphatic hydroxyl groups excluding tert-OH is 1. The molecule has 1 heteroatoms. The van der Waals surface area contributed by atoms with Gasteiger partial charge in [0.05, 0.1) is 0 Å². The Hall–Kier alpha value is -0.560. The lowest BCUT2D eigenvalue weighted by Gasteiger charge is -2.12. The van der Waals surface area contributed by atoms with Crippen LogP contribution in [0.25, 0.3) is 0 Å². The molecule has 86 valence electrons. The SMILES string of the molecule is CC1=C(C)C(C)C(CCCCCO)=C1C. The van der Waals surface area contributed by atoms with Gasteiger partial charge in [-0.15, -0.1) is 0 Å². The van der Waals surface area contributed by atoms with Gasteiger partial charge in [0.25, 0.3) is 0 Å². The minimum atomic E-state index is 0.337. The summed E-state index contributed by atoms with van der Waals surface area (Å²) in [6.07, 6.45) is 4.53. The fourth-order valence-corrected chi connectivity index (χ4v) is 2.46. The summed E-state index contributed by atoms with van der Waals surface area (Å²) in [7, 11) is 0. The van der Waals surface area contributed by atoms with Crippen LogP contribution >= 0.6 is 0 Å². The van der Waals surface area contributed by atoms with Crippen LogP contribution in [0.2, 0.25) is 0 Å². The highest BCUT2D eigenvalue weighted by molar-refractivity contribution is 5.46. The molecule has 0 spiro atoms. The smallest absolute Gasteiger partial charge is 0.0431 e. The Bertz CT molecular complexity index is 284. The van der Waals surface area contributed by atoms with E-state index in [0.717, 1.165) is 12.8 Å². The molecule has 0 radical (unpaired) electrons. The molecule has 0 heterocycles. The third-order valence-corrected chi connectivity index (χ3v) is 3.91. The van der Waals surface area contributed by atoms with Gasteiger partial charge < -0.3 is 5.11 Å². The topological polar surface area (TPSA) is 20.2 Å². The van der Waals surface area contributed by atoms with Crippen molar-refractivity contribution in [3.05, 3.63) is 22.3 Å². The van der Waals surface area contributed by atoms with Crippen molar-refractivity contribution in [2.75, 3.05) is 6.61 Å². The van der Waals surface area contributed by atoms with E-state index in [9.17, 15) is 0 Å². The molecule has 0 aromatic heterocycles. The van der Waals surface area contributed by atoms with E-state index in [1.54, 1.807) is 11.1 Å². The maximum Gasteiger partial charge on any atom is 0.0431 e. The van der Waals surface area contributed by atoms with E-state index >= 15 is 0 Å². The number of rotatable bonds is 5. The molecular formula is C14H24O. The fraction of sp³-hybridized carbons (Fsp3) is 0.714. The molecule has 1 unspecified atom stereocenters. The van der Waals surface area contributed by atoms with E-state index in [0.29, 0.717) is 12.5 Å². The second-order valence-electron chi connectivity index (χ2n) is 4.71. The quantitative estimate of drug-likeness (QED) is 0.681. The van der Waals surface area contributed by atoms with Gasteiger partial charge in [-0.1, -0.05) is 24.5 Å². The molecule has 0 saturated heterocycles. The zero-order valence-corrected chi connectivity index (χ0v) is 10.6. The van der Waals surface area contributed by atoms with E-state index in [-0.39, 0.29) is 0 Å². The van der Waals surface area contributed by atoms with Crippen molar-refractivity contribution >= 4 is 0 Å². The van der Waals surface area contributed by atoms with Gasteiger partial charge in [0, 0.05) is 6.61 Å². The minimum Gasteiger partial charge on any atom is -0.396 e. The van der Waals surface area contributed by atoms with Crippen LogP contribution < -0.4 is 0 Å². The normalized spacial score (nSPS) is 21.8. The molecule has 1 rings (SSSR count). The molecule has 0 aromatic rings. The first-order chi connectivity index (χ1) is 7.09. The fourth-order valence-electron chi connectivity index (χ4n) is 2.46.